The quantitative estimate of drug-likeness (QED) is 0.874. The number of hydrogen-bond donors (Lipinski definition) is 1. The number of rotatable bonds is 3. The molecule has 0 aliphatic rings. The fourth-order valence-corrected chi connectivity index (χ4v) is 2.61. The van der Waals surface area contributed by atoms with Crippen LogP contribution in [-0.4, -0.2) is 15.4 Å². The van der Waals surface area contributed by atoms with Crippen molar-refractivity contribution in [3.8, 4) is 0 Å². The first-order valence-electron chi connectivity index (χ1n) is 3.57. The van der Waals surface area contributed by atoms with Gasteiger partial charge in [0.05, 0.1) is 5.75 Å². The number of halogens is 1. The summed E-state index contributed by atoms with van der Waals surface area (Å²) in [5.41, 5.74) is 5.44. The van der Waals surface area contributed by atoms with Gasteiger partial charge in [-0.15, -0.1) is 10.2 Å². The van der Waals surface area contributed by atoms with E-state index in [2.05, 4.69) is 31.3 Å². The summed E-state index contributed by atoms with van der Waals surface area (Å²) in [7, 11) is 0. The van der Waals surface area contributed by atoms with Crippen LogP contribution in [-0.2, 0) is 5.75 Å². The van der Waals surface area contributed by atoms with E-state index in [9.17, 15) is 0 Å². The molecule has 0 radical (unpaired) electrons. The van der Waals surface area contributed by atoms with Gasteiger partial charge < -0.3 is 10.3 Å². The van der Waals surface area contributed by atoms with E-state index >= 15 is 0 Å². The Bertz CT molecular complexity index is 389. The zero-order chi connectivity index (χ0) is 9.97. The number of hydrogen-bond acceptors (Lipinski definition) is 7. The monoisotopic (exact) mass is 292 g/mol. The molecule has 14 heavy (non-hydrogen) atoms. The van der Waals surface area contributed by atoms with Gasteiger partial charge in [0.2, 0.25) is 5.13 Å². The van der Waals surface area contributed by atoms with E-state index in [0.717, 1.165) is 10.1 Å². The molecule has 0 unspecified atom stereocenters. The Balaban J connectivity index is 1.94. The molecular weight excluding hydrogens is 288 g/mol. The van der Waals surface area contributed by atoms with Gasteiger partial charge in [0.25, 0.3) is 0 Å². The molecule has 0 fully saturated rings. The van der Waals surface area contributed by atoms with E-state index in [0.29, 0.717) is 15.5 Å². The van der Waals surface area contributed by atoms with Crippen LogP contribution in [0.3, 0.4) is 0 Å². The van der Waals surface area contributed by atoms with Crippen molar-refractivity contribution >= 4 is 44.2 Å². The van der Waals surface area contributed by atoms with E-state index in [-0.39, 0.29) is 0 Å². The summed E-state index contributed by atoms with van der Waals surface area (Å²) in [5.74, 6) is 1.46. The van der Waals surface area contributed by atoms with Crippen molar-refractivity contribution in [1.29, 1.82) is 0 Å². The molecule has 0 aromatic carbocycles. The van der Waals surface area contributed by atoms with Gasteiger partial charge in [0.15, 0.2) is 4.34 Å². The maximum Gasteiger partial charge on any atom is 0.203 e. The first-order chi connectivity index (χ1) is 6.74. The third-order valence-corrected chi connectivity index (χ3v) is 3.57. The zero-order valence-electron chi connectivity index (χ0n) is 6.81. The second-order valence-corrected chi connectivity index (χ2v) is 5.35. The Kier molecular flexibility index (Phi) is 3.04. The predicted molar refractivity (Wildman–Crippen MR) is 58.1 cm³/mol. The molecule has 2 aromatic heterocycles. The molecule has 0 aliphatic heterocycles. The van der Waals surface area contributed by atoms with Crippen molar-refractivity contribution in [3.05, 3.63) is 16.4 Å². The Morgan fingerprint density at radius 2 is 2.43 bits per heavy atom. The lowest BCUT2D eigenvalue weighted by Crippen LogP contribution is -1.80. The highest BCUT2D eigenvalue weighted by Gasteiger charge is 2.05. The van der Waals surface area contributed by atoms with Gasteiger partial charge >= 0.3 is 0 Å². The Labute approximate surface area is 96.2 Å². The van der Waals surface area contributed by atoms with Gasteiger partial charge in [-0.25, -0.2) is 0 Å². The van der Waals surface area contributed by atoms with Crippen molar-refractivity contribution in [2.45, 2.75) is 10.1 Å². The number of thioether (sulfide) groups is 1. The SMILES string of the molecule is Nc1nnc(SCc2cc(Br)no2)s1. The standard InChI is InChI=1S/C6H5BrN4OS2/c7-4-1-3(12-11-4)2-13-6-10-9-5(8)14-6/h1H,2H2,(H2,8,9). The minimum atomic E-state index is 0.478. The van der Waals surface area contributed by atoms with Crippen molar-refractivity contribution in [1.82, 2.24) is 15.4 Å². The predicted octanol–water partition coefficient (Wildman–Crippen LogP) is 2.16. The lowest BCUT2D eigenvalue weighted by Gasteiger charge is -1.89. The van der Waals surface area contributed by atoms with Crippen LogP contribution in [0.15, 0.2) is 19.5 Å². The van der Waals surface area contributed by atoms with Crippen molar-refractivity contribution in [3.63, 3.8) is 0 Å². The summed E-state index contributed by atoms with van der Waals surface area (Å²) in [5, 5.41) is 11.8. The Morgan fingerprint density at radius 1 is 1.57 bits per heavy atom. The molecule has 0 aliphatic carbocycles. The van der Waals surface area contributed by atoms with Crippen molar-refractivity contribution < 1.29 is 4.52 Å². The third kappa shape index (κ3) is 2.46. The number of nitrogen functional groups attached to an aromatic ring is 1. The minimum Gasteiger partial charge on any atom is -0.374 e. The lowest BCUT2D eigenvalue weighted by molar-refractivity contribution is 0.391. The molecule has 0 amide bonds. The Morgan fingerprint density at radius 3 is 3.00 bits per heavy atom. The molecule has 5 nitrogen and oxygen atoms in total. The van der Waals surface area contributed by atoms with Crippen LogP contribution >= 0.6 is 39.0 Å². The van der Waals surface area contributed by atoms with Gasteiger partial charge in [-0.3, -0.25) is 0 Å². The highest BCUT2D eigenvalue weighted by Crippen LogP contribution is 2.27. The number of anilines is 1. The number of aromatic nitrogens is 3. The molecule has 0 saturated carbocycles. The van der Waals surface area contributed by atoms with Crippen LogP contribution in [0, 0.1) is 0 Å². The molecule has 0 saturated heterocycles. The molecule has 0 spiro atoms. The van der Waals surface area contributed by atoms with Crippen LogP contribution in [0.1, 0.15) is 5.76 Å². The first-order valence-corrected chi connectivity index (χ1v) is 6.16. The van der Waals surface area contributed by atoms with Crippen molar-refractivity contribution in [2.24, 2.45) is 0 Å². The van der Waals surface area contributed by atoms with E-state index in [1.165, 1.54) is 23.1 Å². The van der Waals surface area contributed by atoms with Crippen molar-refractivity contribution in [2.75, 3.05) is 5.73 Å². The maximum atomic E-state index is 5.44. The smallest absolute Gasteiger partial charge is 0.203 e. The van der Waals surface area contributed by atoms with E-state index in [1.807, 2.05) is 6.07 Å². The van der Waals surface area contributed by atoms with Gasteiger partial charge in [0.1, 0.15) is 10.4 Å². The van der Waals surface area contributed by atoms with Crippen LogP contribution in [0.25, 0.3) is 0 Å². The minimum absolute atomic E-state index is 0.478. The molecule has 8 heteroatoms. The van der Waals surface area contributed by atoms with E-state index in [4.69, 9.17) is 10.3 Å². The summed E-state index contributed by atoms with van der Waals surface area (Å²) >= 11 is 6.08. The molecule has 2 rings (SSSR count). The summed E-state index contributed by atoms with van der Waals surface area (Å²) in [4.78, 5) is 0. The molecule has 2 heterocycles. The van der Waals surface area contributed by atoms with E-state index in [1.54, 1.807) is 0 Å². The van der Waals surface area contributed by atoms with E-state index < -0.39 is 0 Å². The summed E-state index contributed by atoms with van der Waals surface area (Å²) in [6, 6.07) is 1.82. The highest BCUT2D eigenvalue weighted by molar-refractivity contribution is 9.10. The average Bonchev–Trinajstić information content (AvgIpc) is 2.72. The molecule has 2 aromatic rings. The summed E-state index contributed by atoms with van der Waals surface area (Å²) in [6.45, 7) is 0. The van der Waals surface area contributed by atoms with Gasteiger partial charge in [-0.1, -0.05) is 28.3 Å². The molecule has 0 atom stereocenters. The van der Waals surface area contributed by atoms with Gasteiger partial charge in [-0.05, 0) is 15.9 Å². The second kappa shape index (κ2) is 4.28. The molecule has 74 valence electrons. The fourth-order valence-electron chi connectivity index (χ4n) is 0.767. The lowest BCUT2D eigenvalue weighted by atomic mass is 10.5. The fraction of sp³-hybridized carbons (Fsp3) is 0.167. The summed E-state index contributed by atoms with van der Waals surface area (Å²) in [6.07, 6.45) is 0. The molecule has 0 bridgehead atoms. The first kappa shape index (κ1) is 9.94. The van der Waals surface area contributed by atoms with Crippen LogP contribution < -0.4 is 5.73 Å². The molecular formula is C6H5BrN4OS2. The van der Waals surface area contributed by atoms with Crippen LogP contribution in [0.5, 0.6) is 0 Å². The second-order valence-electron chi connectivity index (χ2n) is 2.31. The number of nitrogens with zero attached hydrogens (tertiary/aromatic N) is 3. The van der Waals surface area contributed by atoms with Gasteiger partial charge in [0, 0.05) is 6.07 Å². The summed E-state index contributed by atoms with van der Waals surface area (Å²) < 4.78 is 6.53. The van der Waals surface area contributed by atoms with Gasteiger partial charge in [-0.2, -0.15) is 0 Å². The maximum absolute atomic E-state index is 5.44. The molecule has 2 N–H and O–H groups in total. The zero-order valence-corrected chi connectivity index (χ0v) is 10.0. The largest absolute Gasteiger partial charge is 0.374 e. The topological polar surface area (TPSA) is 77.8 Å². The van der Waals surface area contributed by atoms with Crippen LogP contribution in [0.2, 0.25) is 0 Å². The third-order valence-electron chi connectivity index (χ3n) is 1.29. The Hall–Kier alpha value is -0.600. The normalized spacial score (nSPS) is 10.6. The van der Waals surface area contributed by atoms with Crippen LogP contribution in [0.4, 0.5) is 5.13 Å². The highest BCUT2D eigenvalue weighted by atomic mass is 79.9. The average molecular weight is 293 g/mol. The number of nitrogens with two attached hydrogens (primary N) is 1.